The third kappa shape index (κ3) is 4.73. The molecule has 0 bridgehead atoms. The van der Waals surface area contributed by atoms with E-state index in [9.17, 15) is 0 Å². The molecule has 0 aliphatic heterocycles. The first-order valence-electron chi connectivity index (χ1n) is 4.54. The summed E-state index contributed by atoms with van der Waals surface area (Å²) in [6.07, 6.45) is 22.5. The highest BCUT2D eigenvalue weighted by atomic mass is 13.9. The fourth-order valence-corrected chi connectivity index (χ4v) is 1.06. The average molecular weight is 159 g/mol. The molecule has 0 spiro atoms. The van der Waals surface area contributed by atoms with Gasteiger partial charge < -0.3 is 0 Å². The molecule has 0 saturated heterocycles. The Morgan fingerprint density at radius 3 is 2.83 bits per heavy atom. The lowest BCUT2D eigenvalue weighted by atomic mass is 10.2. The van der Waals surface area contributed by atoms with Crippen LogP contribution in [0.5, 0.6) is 0 Å². The Kier molecular flexibility index (Phi) is 5.02. The summed E-state index contributed by atoms with van der Waals surface area (Å²) >= 11 is 0. The van der Waals surface area contributed by atoms with Crippen molar-refractivity contribution in [1.82, 2.24) is 0 Å². The van der Waals surface area contributed by atoms with Crippen LogP contribution in [0.25, 0.3) is 0 Å². The largest absolute Gasteiger partial charge is 0.0882 e. The van der Waals surface area contributed by atoms with Crippen molar-refractivity contribution < 1.29 is 0 Å². The van der Waals surface area contributed by atoms with Gasteiger partial charge in [0.2, 0.25) is 0 Å². The number of rotatable bonds is 0. The van der Waals surface area contributed by atoms with E-state index in [0.29, 0.717) is 0 Å². The van der Waals surface area contributed by atoms with Crippen LogP contribution in [0.2, 0.25) is 0 Å². The molecule has 0 nitrogen and oxygen atoms in total. The fraction of sp³-hybridized carbons (Fsp3) is 0.333. The first-order valence-corrected chi connectivity index (χ1v) is 4.54. The van der Waals surface area contributed by atoms with Gasteiger partial charge in [0.25, 0.3) is 0 Å². The predicted octanol–water partition coefficient (Wildman–Crippen LogP) is 3.59. The maximum absolute atomic E-state index is 3.09. The highest BCUT2D eigenvalue weighted by molar-refractivity contribution is 5.07. The van der Waals surface area contributed by atoms with E-state index in [1.807, 2.05) is 18.2 Å². The zero-order chi connectivity index (χ0) is 8.49. The standard InChI is InChI=1S/C12H15/c1-2-4-6-8-10-12-11-9-7-5-3-1/h1-3,6-9H,4,10-12H2/b2-1-,5-3?,8-6+,9-7-. The number of hydrogen-bond donors (Lipinski definition) is 0. The van der Waals surface area contributed by atoms with E-state index in [0.717, 1.165) is 12.8 Å². The van der Waals surface area contributed by atoms with Crippen molar-refractivity contribution in [3.8, 4) is 0 Å². The Bertz CT molecular complexity index is 204. The summed E-state index contributed by atoms with van der Waals surface area (Å²) in [7, 11) is 0. The molecule has 0 aromatic rings. The van der Waals surface area contributed by atoms with Gasteiger partial charge in [-0.2, -0.15) is 0 Å². The van der Waals surface area contributed by atoms with Gasteiger partial charge in [0, 0.05) is 0 Å². The summed E-state index contributed by atoms with van der Waals surface area (Å²) in [6, 6.07) is 0. The van der Waals surface area contributed by atoms with E-state index in [1.54, 1.807) is 0 Å². The quantitative estimate of drug-likeness (QED) is 0.474. The van der Waals surface area contributed by atoms with Crippen molar-refractivity contribution in [3.63, 3.8) is 0 Å². The molecule has 1 aliphatic carbocycles. The number of allylic oxidation sites excluding steroid dienone is 8. The van der Waals surface area contributed by atoms with Crippen molar-refractivity contribution in [1.29, 1.82) is 0 Å². The van der Waals surface area contributed by atoms with Gasteiger partial charge in [-0.1, -0.05) is 42.5 Å². The Labute approximate surface area is 75.0 Å². The van der Waals surface area contributed by atoms with Gasteiger partial charge in [-0.15, -0.1) is 0 Å². The van der Waals surface area contributed by atoms with Crippen LogP contribution in [0.15, 0.2) is 42.5 Å². The van der Waals surface area contributed by atoms with Crippen molar-refractivity contribution in [3.05, 3.63) is 48.6 Å². The molecule has 1 radical (unpaired) electrons. The zero-order valence-electron chi connectivity index (χ0n) is 7.37. The van der Waals surface area contributed by atoms with E-state index in [-0.39, 0.29) is 0 Å². The lowest BCUT2D eigenvalue weighted by molar-refractivity contribution is 0.866. The summed E-state index contributed by atoms with van der Waals surface area (Å²) in [5.41, 5.74) is 0. The van der Waals surface area contributed by atoms with Crippen LogP contribution in [-0.4, -0.2) is 0 Å². The van der Waals surface area contributed by atoms with Gasteiger partial charge in [0.15, 0.2) is 0 Å². The summed E-state index contributed by atoms with van der Waals surface area (Å²) in [6.45, 7) is 0. The highest BCUT2D eigenvalue weighted by Gasteiger charge is 1.80. The predicted molar refractivity (Wildman–Crippen MR) is 53.7 cm³/mol. The second kappa shape index (κ2) is 6.66. The SMILES string of the molecule is [C]1=C/C=C\C/C=C/CCC\C=C/1. The first kappa shape index (κ1) is 9.05. The van der Waals surface area contributed by atoms with Crippen LogP contribution in [0.4, 0.5) is 0 Å². The molecular weight excluding hydrogens is 144 g/mol. The van der Waals surface area contributed by atoms with Crippen LogP contribution in [0.1, 0.15) is 25.7 Å². The molecule has 0 amide bonds. The summed E-state index contributed by atoms with van der Waals surface area (Å²) in [4.78, 5) is 0. The van der Waals surface area contributed by atoms with Gasteiger partial charge in [-0.05, 0) is 31.8 Å². The van der Waals surface area contributed by atoms with Crippen molar-refractivity contribution in [2.24, 2.45) is 0 Å². The molecule has 1 rings (SSSR count). The van der Waals surface area contributed by atoms with Crippen LogP contribution in [0.3, 0.4) is 0 Å². The zero-order valence-corrected chi connectivity index (χ0v) is 7.37. The molecule has 0 fully saturated rings. The highest BCUT2D eigenvalue weighted by Crippen LogP contribution is 2.00. The third-order valence-electron chi connectivity index (χ3n) is 1.72. The monoisotopic (exact) mass is 159 g/mol. The second-order valence-corrected chi connectivity index (χ2v) is 2.80. The van der Waals surface area contributed by atoms with Gasteiger partial charge in [0.05, 0.1) is 0 Å². The Balaban J connectivity index is 2.42. The molecule has 0 aromatic carbocycles. The van der Waals surface area contributed by atoms with Gasteiger partial charge in [0.1, 0.15) is 0 Å². The smallest absolute Gasteiger partial charge is 0.0166 e. The van der Waals surface area contributed by atoms with Gasteiger partial charge >= 0.3 is 0 Å². The second-order valence-electron chi connectivity index (χ2n) is 2.80. The number of hydrogen-bond acceptors (Lipinski definition) is 0. The molecule has 0 atom stereocenters. The molecule has 0 aromatic heterocycles. The van der Waals surface area contributed by atoms with E-state index in [2.05, 4.69) is 30.4 Å². The molecule has 12 heavy (non-hydrogen) atoms. The lowest BCUT2D eigenvalue weighted by Gasteiger charge is -1.89. The van der Waals surface area contributed by atoms with Crippen LogP contribution < -0.4 is 0 Å². The third-order valence-corrected chi connectivity index (χ3v) is 1.72. The molecule has 63 valence electrons. The maximum Gasteiger partial charge on any atom is -0.0166 e. The van der Waals surface area contributed by atoms with Crippen molar-refractivity contribution in [2.45, 2.75) is 25.7 Å². The van der Waals surface area contributed by atoms with Crippen molar-refractivity contribution in [2.75, 3.05) is 0 Å². The topological polar surface area (TPSA) is 0 Å². The van der Waals surface area contributed by atoms with E-state index in [4.69, 9.17) is 0 Å². The minimum Gasteiger partial charge on any atom is -0.0882 e. The van der Waals surface area contributed by atoms with E-state index >= 15 is 0 Å². The Hall–Kier alpha value is -1.04. The molecular formula is C12H15. The summed E-state index contributed by atoms with van der Waals surface area (Å²) in [5.74, 6) is 0. The first-order chi connectivity index (χ1) is 6.00. The molecule has 1 aliphatic rings. The van der Waals surface area contributed by atoms with Crippen LogP contribution in [0, 0.1) is 6.08 Å². The van der Waals surface area contributed by atoms with Gasteiger partial charge in [-0.3, -0.25) is 0 Å². The van der Waals surface area contributed by atoms with Gasteiger partial charge in [-0.25, -0.2) is 0 Å². The minimum atomic E-state index is 1.04. The van der Waals surface area contributed by atoms with Crippen molar-refractivity contribution >= 4 is 0 Å². The average Bonchev–Trinajstić information content (AvgIpc) is 2.05. The molecule has 0 unspecified atom stereocenters. The molecule has 0 heteroatoms. The molecule has 0 saturated carbocycles. The van der Waals surface area contributed by atoms with E-state index in [1.165, 1.54) is 12.8 Å². The minimum absolute atomic E-state index is 1.04. The Morgan fingerprint density at radius 2 is 1.83 bits per heavy atom. The molecule has 0 N–H and O–H groups in total. The summed E-state index contributed by atoms with van der Waals surface area (Å²) in [5, 5.41) is 0. The normalized spacial score (nSPS) is 29.3. The lowest BCUT2D eigenvalue weighted by Crippen LogP contribution is -1.70. The fourth-order valence-electron chi connectivity index (χ4n) is 1.06. The van der Waals surface area contributed by atoms with Crippen LogP contribution in [-0.2, 0) is 0 Å². The summed E-state index contributed by atoms with van der Waals surface area (Å²) < 4.78 is 0. The molecule has 0 heterocycles. The maximum atomic E-state index is 3.09. The van der Waals surface area contributed by atoms with Crippen LogP contribution >= 0.6 is 0 Å². The van der Waals surface area contributed by atoms with E-state index < -0.39 is 0 Å². The Morgan fingerprint density at radius 1 is 0.917 bits per heavy atom.